The Kier molecular flexibility index (Phi) is 6.34. The number of aromatic nitrogens is 2. The van der Waals surface area contributed by atoms with Crippen molar-refractivity contribution in [1.29, 1.82) is 0 Å². The summed E-state index contributed by atoms with van der Waals surface area (Å²) in [6.45, 7) is 2.94. The molecule has 1 aliphatic carbocycles. The average Bonchev–Trinajstić information content (AvgIpc) is 3.08. The van der Waals surface area contributed by atoms with Crippen LogP contribution in [0.25, 0.3) is 0 Å². The highest BCUT2D eigenvalue weighted by Crippen LogP contribution is 2.49. The minimum Gasteiger partial charge on any atom is -0.468 e. The molecule has 1 saturated carbocycles. The molecule has 7 nitrogen and oxygen atoms in total. The number of esters is 1. The first-order valence-corrected chi connectivity index (χ1v) is 9.35. The minimum atomic E-state index is -0.205. The van der Waals surface area contributed by atoms with Gasteiger partial charge in [0.1, 0.15) is 11.6 Å². The molecule has 0 amide bonds. The van der Waals surface area contributed by atoms with E-state index in [9.17, 15) is 4.79 Å². The molecule has 1 aromatic carbocycles. The molecule has 0 unspecified atom stereocenters. The van der Waals surface area contributed by atoms with E-state index >= 15 is 0 Å². The summed E-state index contributed by atoms with van der Waals surface area (Å²) < 4.78 is 15.5. The number of carbonyl (C=O) groups is 1. The van der Waals surface area contributed by atoms with Gasteiger partial charge in [0, 0.05) is 30.8 Å². The van der Waals surface area contributed by atoms with Crippen LogP contribution in [0.5, 0.6) is 5.75 Å². The number of anilines is 1. The maximum absolute atomic E-state index is 11.4. The van der Waals surface area contributed by atoms with Crippen LogP contribution in [0.2, 0.25) is 0 Å². The van der Waals surface area contributed by atoms with Crippen molar-refractivity contribution < 1.29 is 19.0 Å². The van der Waals surface area contributed by atoms with Crippen LogP contribution in [0.15, 0.2) is 30.3 Å². The summed E-state index contributed by atoms with van der Waals surface area (Å²) in [7, 11) is 1.61. The zero-order valence-corrected chi connectivity index (χ0v) is 15.9. The van der Waals surface area contributed by atoms with Crippen LogP contribution in [0, 0.1) is 0 Å². The largest absolute Gasteiger partial charge is 0.468 e. The summed E-state index contributed by atoms with van der Waals surface area (Å²) in [5.74, 6) is 1.34. The standard InChI is InChI=1S/C20H27N3O4/c1-3-26-19(24)8-11-21-18-13-17(22-23-18)20(9-5-10-20)15-6-4-7-16(12-15)27-14-25-2/h4,6-7,12-13H,3,5,8-11,14H2,1-2H3,(H2,21,22,23). The summed E-state index contributed by atoms with van der Waals surface area (Å²) in [5.41, 5.74) is 2.22. The minimum absolute atomic E-state index is 0.0689. The van der Waals surface area contributed by atoms with E-state index in [0.717, 1.165) is 30.1 Å². The fourth-order valence-corrected chi connectivity index (χ4v) is 3.44. The molecule has 7 heteroatoms. The van der Waals surface area contributed by atoms with E-state index in [0.29, 0.717) is 19.6 Å². The Morgan fingerprint density at radius 3 is 2.89 bits per heavy atom. The third-order valence-electron chi connectivity index (χ3n) is 4.97. The summed E-state index contributed by atoms with van der Waals surface area (Å²) in [6, 6.07) is 10.2. The molecule has 146 valence electrons. The number of nitrogens with one attached hydrogen (secondary N) is 2. The molecule has 0 aliphatic heterocycles. The van der Waals surface area contributed by atoms with Gasteiger partial charge in [-0.2, -0.15) is 5.10 Å². The molecular weight excluding hydrogens is 346 g/mol. The lowest BCUT2D eigenvalue weighted by molar-refractivity contribution is -0.142. The van der Waals surface area contributed by atoms with Crippen LogP contribution >= 0.6 is 0 Å². The van der Waals surface area contributed by atoms with Gasteiger partial charge in [-0.15, -0.1) is 0 Å². The molecule has 0 spiro atoms. The number of nitrogens with zero attached hydrogens (tertiary/aromatic N) is 1. The monoisotopic (exact) mass is 373 g/mol. The van der Waals surface area contributed by atoms with Crippen molar-refractivity contribution in [3.63, 3.8) is 0 Å². The predicted octanol–water partition coefficient (Wildman–Crippen LogP) is 3.23. The second kappa shape index (κ2) is 8.90. The van der Waals surface area contributed by atoms with Crippen LogP contribution < -0.4 is 10.1 Å². The van der Waals surface area contributed by atoms with Crippen molar-refractivity contribution in [1.82, 2.24) is 10.2 Å². The van der Waals surface area contributed by atoms with Gasteiger partial charge in [-0.25, -0.2) is 0 Å². The molecular formula is C20H27N3O4. The van der Waals surface area contributed by atoms with E-state index in [2.05, 4.69) is 27.6 Å². The van der Waals surface area contributed by atoms with Gasteiger partial charge < -0.3 is 19.5 Å². The topological polar surface area (TPSA) is 85.5 Å². The summed E-state index contributed by atoms with van der Waals surface area (Å²) in [5, 5.41) is 10.7. The lowest BCUT2D eigenvalue weighted by Crippen LogP contribution is -2.35. The highest BCUT2D eigenvalue weighted by molar-refractivity contribution is 5.70. The third kappa shape index (κ3) is 4.42. The van der Waals surface area contributed by atoms with Gasteiger partial charge >= 0.3 is 5.97 Å². The molecule has 0 bridgehead atoms. The zero-order valence-electron chi connectivity index (χ0n) is 15.9. The molecule has 1 aliphatic rings. The number of aromatic amines is 1. The average molecular weight is 373 g/mol. The van der Waals surface area contributed by atoms with E-state index in [4.69, 9.17) is 14.2 Å². The quantitative estimate of drug-likeness (QED) is 0.491. The fourth-order valence-electron chi connectivity index (χ4n) is 3.44. The van der Waals surface area contributed by atoms with Gasteiger partial charge in [0.15, 0.2) is 6.79 Å². The molecule has 1 fully saturated rings. The first kappa shape index (κ1) is 19.2. The normalized spacial score (nSPS) is 15.0. The number of H-pyrrole nitrogens is 1. The highest BCUT2D eigenvalue weighted by Gasteiger charge is 2.42. The Morgan fingerprint density at radius 1 is 1.33 bits per heavy atom. The van der Waals surface area contributed by atoms with Crippen molar-refractivity contribution in [2.24, 2.45) is 0 Å². The molecule has 0 radical (unpaired) electrons. The predicted molar refractivity (Wildman–Crippen MR) is 102 cm³/mol. The smallest absolute Gasteiger partial charge is 0.307 e. The number of carbonyl (C=O) groups excluding carboxylic acids is 1. The van der Waals surface area contributed by atoms with Gasteiger partial charge in [0.05, 0.1) is 13.0 Å². The third-order valence-corrected chi connectivity index (χ3v) is 4.97. The van der Waals surface area contributed by atoms with Gasteiger partial charge in [-0.05, 0) is 37.5 Å². The summed E-state index contributed by atoms with van der Waals surface area (Å²) >= 11 is 0. The number of methoxy groups -OCH3 is 1. The van der Waals surface area contributed by atoms with Crippen LogP contribution in [0.4, 0.5) is 5.82 Å². The lowest BCUT2D eigenvalue weighted by Gasteiger charge is -2.41. The fraction of sp³-hybridized carbons (Fsp3) is 0.500. The van der Waals surface area contributed by atoms with Gasteiger partial charge in [-0.3, -0.25) is 9.89 Å². The van der Waals surface area contributed by atoms with E-state index in [1.165, 1.54) is 12.0 Å². The van der Waals surface area contributed by atoms with Crippen molar-refractivity contribution in [2.75, 3.05) is 32.4 Å². The zero-order chi connectivity index (χ0) is 19.1. The lowest BCUT2D eigenvalue weighted by atomic mass is 9.62. The van der Waals surface area contributed by atoms with Crippen molar-refractivity contribution in [2.45, 2.75) is 38.0 Å². The number of rotatable bonds is 10. The van der Waals surface area contributed by atoms with E-state index in [1.807, 2.05) is 18.2 Å². The van der Waals surface area contributed by atoms with Crippen LogP contribution in [0.3, 0.4) is 0 Å². The second-order valence-electron chi connectivity index (χ2n) is 6.66. The van der Waals surface area contributed by atoms with Crippen molar-refractivity contribution >= 4 is 11.8 Å². The summed E-state index contributed by atoms with van der Waals surface area (Å²) in [4.78, 5) is 11.4. The van der Waals surface area contributed by atoms with Crippen molar-refractivity contribution in [3.05, 3.63) is 41.6 Å². The van der Waals surface area contributed by atoms with E-state index < -0.39 is 0 Å². The summed E-state index contributed by atoms with van der Waals surface area (Å²) in [6.07, 6.45) is 3.62. The Morgan fingerprint density at radius 2 is 2.19 bits per heavy atom. The van der Waals surface area contributed by atoms with Gasteiger partial charge in [0.2, 0.25) is 0 Å². The molecule has 0 atom stereocenters. The molecule has 27 heavy (non-hydrogen) atoms. The van der Waals surface area contributed by atoms with E-state index in [-0.39, 0.29) is 18.2 Å². The maximum Gasteiger partial charge on any atom is 0.307 e. The SMILES string of the molecule is CCOC(=O)CCNc1cc(C2(c3cccc(OCOC)c3)CCC2)[nH]n1. The van der Waals surface area contributed by atoms with Crippen LogP contribution in [0.1, 0.15) is 43.9 Å². The number of hydrogen-bond donors (Lipinski definition) is 2. The second-order valence-corrected chi connectivity index (χ2v) is 6.66. The van der Waals surface area contributed by atoms with E-state index in [1.54, 1.807) is 14.0 Å². The Labute approximate surface area is 159 Å². The first-order valence-electron chi connectivity index (χ1n) is 9.35. The number of hydrogen-bond acceptors (Lipinski definition) is 6. The number of benzene rings is 1. The van der Waals surface area contributed by atoms with Gasteiger partial charge in [0.25, 0.3) is 0 Å². The van der Waals surface area contributed by atoms with Crippen molar-refractivity contribution in [3.8, 4) is 5.75 Å². The molecule has 2 N–H and O–H groups in total. The Bertz CT molecular complexity index is 755. The highest BCUT2D eigenvalue weighted by atomic mass is 16.7. The van der Waals surface area contributed by atoms with Crippen LogP contribution in [-0.2, 0) is 19.7 Å². The molecule has 2 aromatic rings. The molecule has 1 heterocycles. The Balaban J connectivity index is 1.69. The van der Waals surface area contributed by atoms with Crippen LogP contribution in [-0.4, -0.2) is 43.2 Å². The maximum atomic E-state index is 11.4. The molecule has 3 rings (SSSR count). The molecule has 0 saturated heterocycles. The van der Waals surface area contributed by atoms with Gasteiger partial charge in [-0.1, -0.05) is 18.6 Å². The Hall–Kier alpha value is -2.54. The molecule has 1 aromatic heterocycles. The number of ether oxygens (including phenoxy) is 3. The first-order chi connectivity index (χ1) is 13.2.